The van der Waals surface area contributed by atoms with Gasteiger partial charge in [0.15, 0.2) is 0 Å². The molecular weight excluding hydrogens is 220 g/mol. The van der Waals surface area contributed by atoms with Crippen LogP contribution in [-0.4, -0.2) is 24.6 Å². The van der Waals surface area contributed by atoms with E-state index in [1.807, 2.05) is 0 Å². The van der Waals surface area contributed by atoms with Crippen LogP contribution in [0.15, 0.2) is 12.2 Å². The van der Waals surface area contributed by atoms with Gasteiger partial charge in [-0.25, -0.2) is 5.01 Å². The lowest BCUT2D eigenvalue weighted by Crippen LogP contribution is -2.39. The van der Waals surface area contributed by atoms with Crippen molar-refractivity contribution in [2.24, 2.45) is 5.92 Å². The van der Waals surface area contributed by atoms with E-state index in [9.17, 15) is 0 Å². The summed E-state index contributed by atoms with van der Waals surface area (Å²) in [6.45, 7) is 16.3. The topological polar surface area (TPSA) is 15.3 Å². The van der Waals surface area contributed by atoms with E-state index < -0.39 is 0 Å². The fourth-order valence-electron chi connectivity index (χ4n) is 2.44. The molecule has 2 nitrogen and oxygen atoms in total. The summed E-state index contributed by atoms with van der Waals surface area (Å²) in [7, 11) is 0. The first-order chi connectivity index (χ1) is 8.63. The van der Waals surface area contributed by atoms with Crippen molar-refractivity contribution in [1.82, 2.24) is 10.4 Å². The molecule has 0 aromatic carbocycles. The predicted octanol–water partition coefficient (Wildman–Crippen LogP) is 4.39. The Morgan fingerprint density at radius 2 is 1.83 bits per heavy atom. The van der Waals surface area contributed by atoms with E-state index in [1.54, 1.807) is 0 Å². The van der Waals surface area contributed by atoms with Gasteiger partial charge in [0.2, 0.25) is 0 Å². The van der Waals surface area contributed by atoms with Gasteiger partial charge in [0, 0.05) is 19.6 Å². The monoisotopic (exact) mass is 254 g/mol. The van der Waals surface area contributed by atoms with E-state index in [-0.39, 0.29) is 0 Å². The van der Waals surface area contributed by atoms with Gasteiger partial charge in [-0.3, -0.25) is 5.43 Å². The molecule has 0 rings (SSSR count). The summed E-state index contributed by atoms with van der Waals surface area (Å²) in [6, 6.07) is 0. The molecule has 0 heterocycles. The van der Waals surface area contributed by atoms with Crippen molar-refractivity contribution in [3.05, 3.63) is 12.2 Å². The van der Waals surface area contributed by atoms with Gasteiger partial charge in [-0.15, -0.1) is 6.58 Å². The van der Waals surface area contributed by atoms with E-state index in [4.69, 9.17) is 0 Å². The molecule has 0 saturated heterocycles. The van der Waals surface area contributed by atoms with Crippen LogP contribution in [0.3, 0.4) is 0 Å². The van der Waals surface area contributed by atoms with Crippen LogP contribution in [0.5, 0.6) is 0 Å². The SMILES string of the molecule is C=C(C)C[C@@H](CCCC)CCN(CCC)NCC. The first-order valence-corrected chi connectivity index (χ1v) is 7.76. The van der Waals surface area contributed by atoms with Crippen LogP contribution < -0.4 is 5.43 Å². The van der Waals surface area contributed by atoms with Crippen LogP contribution in [0.25, 0.3) is 0 Å². The standard InChI is InChI=1S/C16H34N2/c1-6-9-10-16(14-15(4)5)11-13-18(12-7-2)17-8-3/h16-17H,4,6-14H2,1-3,5H3/t16-/m0/s1. The van der Waals surface area contributed by atoms with Gasteiger partial charge in [-0.2, -0.15) is 0 Å². The second kappa shape index (κ2) is 11.7. The minimum Gasteiger partial charge on any atom is -0.255 e. The van der Waals surface area contributed by atoms with Crippen molar-refractivity contribution in [3.8, 4) is 0 Å². The maximum atomic E-state index is 4.07. The van der Waals surface area contributed by atoms with Crippen LogP contribution in [0, 0.1) is 5.92 Å². The molecule has 2 heteroatoms. The lowest BCUT2D eigenvalue weighted by atomic mass is 9.92. The van der Waals surface area contributed by atoms with Crippen molar-refractivity contribution in [1.29, 1.82) is 0 Å². The summed E-state index contributed by atoms with van der Waals surface area (Å²) in [5, 5.41) is 2.39. The van der Waals surface area contributed by atoms with E-state index in [0.29, 0.717) is 0 Å². The van der Waals surface area contributed by atoms with Crippen molar-refractivity contribution in [2.75, 3.05) is 19.6 Å². The first-order valence-electron chi connectivity index (χ1n) is 7.76. The van der Waals surface area contributed by atoms with Gasteiger partial charge in [-0.1, -0.05) is 45.6 Å². The summed E-state index contributed by atoms with van der Waals surface area (Å²) in [6.07, 6.45) is 7.72. The highest BCUT2D eigenvalue weighted by Gasteiger charge is 2.11. The predicted molar refractivity (Wildman–Crippen MR) is 82.6 cm³/mol. The van der Waals surface area contributed by atoms with E-state index >= 15 is 0 Å². The fourth-order valence-corrected chi connectivity index (χ4v) is 2.44. The fraction of sp³-hybridized carbons (Fsp3) is 0.875. The van der Waals surface area contributed by atoms with E-state index in [0.717, 1.165) is 19.0 Å². The third-order valence-electron chi connectivity index (χ3n) is 3.29. The Morgan fingerprint density at radius 1 is 1.11 bits per heavy atom. The van der Waals surface area contributed by atoms with Gasteiger partial charge >= 0.3 is 0 Å². The van der Waals surface area contributed by atoms with Crippen molar-refractivity contribution in [3.63, 3.8) is 0 Å². The first kappa shape index (κ1) is 17.7. The molecule has 0 aliphatic heterocycles. The Hall–Kier alpha value is -0.340. The highest BCUT2D eigenvalue weighted by Crippen LogP contribution is 2.20. The summed E-state index contributed by atoms with van der Waals surface area (Å²) in [4.78, 5) is 0. The Labute approximate surface area is 115 Å². The van der Waals surface area contributed by atoms with E-state index in [1.165, 1.54) is 50.6 Å². The maximum Gasteiger partial charge on any atom is 0.0133 e. The molecule has 1 atom stereocenters. The maximum absolute atomic E-state index is 4.07. The second-order valence-electron chi connectivity index (χ2n) is 5.46. The Bertz CT molecular complexity index is 195. The highest BCUT2D eigenvalue weighted by atomic mass is 15.5. The van der Waals surface area contributed by atoms with Gasteiger partial charge in [-0.05, 0) is 32.1 Å². The Morgan fingerprint density at radius 3 is 2.33 bits per heavy atom. The number of hydrazine groups is 1. The zero-order valence-electron chi connectivity index (χ0n) is 13.1. The normalized spacial score (nSPS) is 12.9. The molecule has 0 aliphatic rings. The average Bonchev–Trinajstić information content (AvgIpc) is 2.32. The molecule has 0 saturated carbocycles. The molecule has 0 amide bonds. The number of rotatable bonds is 12. The van der Waals surface area contributed by atoms with Crippen LogP contribution in [0.2, 0.25) is 0 Å². The van der Waals surface area contributed by atoms with Crippen LogP contribution in [0.4, 0.5) is 0 Å². The van der Waals surface area contributed by atoms with Crippen molar-refractivity contribution < 1.29 is 0 Å². The van der Waals surface area contributed by atoms with E-state index in [2.05, 4.69) is 44.7 Å². The molecular formula is C16H34N2. The third kappa shape index (κ3) is 9.67. The van der Waals surface area contributed by atoms with Crippen LogP contribution in [0.1, 0.15) is 66.2 Å². The number of hydrogen-bond donors (Lipinski definition) is 1. The molecule has 1 N–H and O–H groups in total. The summed E-state index contributed by atoms with van der Waals surface area (Å²) >= 11 is 0. The molecule has 0 bridgehead atoms. The number of allylic oxidation sites excluding steroid dienone is 1. The largest absolute Gasteiger partial charge is 0.255 e. The molecule has 0 spiro atoms. The lowest BCUT2D eigenvalue weighted by Gasteiger charge is -2.25. The van der Waals surface area contributed by atoms with Gasteiger partial charge in [0.1, 0.15) is 0 Å². The lowest BCUT2D eigenvalue weighted by molar-refractivity contribution is 0.176. The molecule has 0 aliphatic carbocycles. The quantitative estimate of drug-likeness (QED) is 0.410. The number of nitrogens with zero attached hydrogens (tertiary/aromatic N) is 1. The molecule has 0 aromatic heterocycles. The van der Waals surface area contributed by atoms with Gasteiger partial charge in [0.25, 0.3) is 0 Å². The van der Waals surface area contributed by atoms with Crippen LogP contribution in [-0.2, 0) is 0 Å². The minimum absolute atomic E-state index is 0.820. The van der Waals surface area contributed by atoms with Crippen molar-refractivity contribution in [2.45, 2.75) is 66.2 Å². The van der Waals surface area contributed by atoms with Gasteiger partial charge in [0.05, 0.1) is 0 Å². The minimum atomic E-state index is 0.820. The Kier molecular flexibility index (Phi) is 11.5. The number of nitrogens with one attached hydrogen (secondary N) is 1. The summed E-state index contributed by atoms with van der Waals surface area (Å²) < 4.78 is 0. The summed E-state index contributed by atoms with van der Waals surface area (Å²) in [5.41, 5.74) is 4.79. The molecule has 0 aromatic rings. The third-order valence-corrected chi connectivity index (χ3v) is 3.29. The molecule has 108 valence electrons. The molecule has 0 unspecified atom stereocenters. The number of hydrogen-bond acceptors (Lipinski definition) is 2. The molecule has 0 radical (unpaired) electrons. The second-order valence-corrected chi connectivity index (χ2v) is 5.46. The average molecular weight is 254 g/mol. The summed E-state index contributed by atoms with van der Waals surface area (Å²) in [5.74, 6) is 0.820. The van der Waals surface area contributed by atoms with Crippen molar-refractivity contribution >= 4 is 0 Å². The smallest absolute Gasteiger partial charge is 0.0133 e. The number of unbranched alkanes of at least 4 members (excludes halogenated alkanes) is 1. The van der Waals surface area contributed by atoms with Gasteiger partial charge < -0.3 is 0 Å². The molecule has 18 heavy (non-hydrogen) atoms. The zero-order chi connectivity index (χ0) is 13.8. The highest BCUT2D eigenvalue weighted by molar-refractivity contribution is 4.90. The zero-order valence-corrected chi connectivity index (χ0v) is 13.1. The van der Waals surface area contributed by atoms with Crippen LogP contribution >= 0.6 is 0 Å². The molecule has 0 fully saturated rings. The Balaban J connectivity index is 4.06.